The van der Waals surface area contributed by atoms with Gasteiger partial charge in [0.25, 0.3) is 5.91 Å². The van der Waals surface area contributed by atoms with E-state index < -0.39 is 0 Å². The zero-order chi connectivity index (χ0) is 16.0. The summed E-state index contributed by atoms with van der Waals surface area (Å²) in [5, 5.41) is 3.14. The minimum atomic E-state index is -0.0139. The van der Waals surface area contributed by atoms with Crippen LogP contribution in [0.3, 0.4) is 0 Å². The zero-order valence-corrected chi connectivity index (χ0v) is 14.5. The Morgan fingerprint density at radius 2 is 2.13 bits per heavy atom. The number of hydrogen-bond acceptors (Lipinski definition) is 3. The SMILES string of the molecule is Cc1ccc(C(=O)N2CC(C(=O)NCC3CC3)C3(CCC3)C2)s1. The number of aryl methyl sites for hydroxylation is 1. The van der Waals surface area contributed by atoms with Gasteiger partial charge in [0.2, 0.25) is 5.91 Å². The number of rotatable bonds is 4. The predicted octanol–water partition coefficient (Wildman–Crippen LogP) is 2.83. The van der Waals surface area contributed by atoms with E-state index in [0.717, 1.165) is 35.7 Å². The van der Waals surface area contributed by atoms with Crippen molar-refractivity contribution in [1.82, 2.24) is 10.2 Å². The fourth-order valence-corrected chi connectivity index (χ4v) is 4.85. The van der Waals surface area contributed by atoms with Crippen molar-refractivity contribution in [3.8, 4) is 0 Å². The van der Waals surface area contributed by atoms with Crippen molar-refractivity contribution in [2.45, 2.75) is 39.0 Å². The number of carbonyl (C=O) groups is 2. The van der Waals surface area contributed by atoms with Crippen LogP contribution in [-0.2, 0) is 4.79 Å². The molecular weight excluding hydrogens is 308 g/mol. The van der Waals surface area contributed by atoms with Crippen LogP contribution >= 0.6 is 11.3 Å². The van der Waals surface area contributed by atoms with E-state index in [4.69, 9.17) is 0 Å². The molecule has 2 aliphatic carbocycles. The molecule has 2 saturated carbocycles. The topological polar surface area (TPSA) is 49.4 Å². The molecule has 1 atom stereocenters. The van der Waals surface area contributed by atoms with Crippen LogP contribution in [-0.4, -0.2) is 36.3 Å². The van der Waals surface area contributed by atoms with Crippen molar-refractivity contribution in [3.05, 3.63) is 21.9 Å². The number of hydrogen-bond donors (Lipinski definition) is 1. The number of amides is 2. The third-order valence-electron chi connectivity index (χ3n) is 5.81. The molecule has 3 fully saturated rings. The second kappa shape index (κ2) is 5.62. The van der Waals surface area contributed by atoms with E-state index in [-0.39, 0.29) is 23.1 Å². The maximum absolute atomic E-state index is 12.7. The molecule has 1 unspecified atom stereocenters. The molecule has 1 N–H and O–H groups in total. The molecule has 1 saturated heterocycles. The third-order valence-corrected chi connectivity index (χ3v) is 6.80. The molecule has 23 heavy (non-hydrogen) atoms. The fraction of sp³-hybridized carbons (Fsp3) is 0.667. The first-order chi connectivity index (χ1) is 11.1. The first-order valence-corrected chi connectivity index (χ1v) is 9.52. The Morgan fingerprint density at radius 1 is 1.35 bits per heavy atom. The Balaban J connectivity index is 1.46. The largest absolute Gasteiger partial charge is 0.356 e. The molecular formula is C18H24N2O2S. The van der Waals surface area contributed by atoms with E-state index >= 15 is 0 Å². The average molecular weight is 332 g/mol. The van der Waals surface area contributed by atoms with Crippen LogP contribution in [0.25, 0.3) is 0 Å². The van der Waals surface area contributed by atoms with Gasteiger partial charge in [-0.25, -0.2) is 0 Å². The van der Waals surface area contributed by atoms with Crippen LogP contribution in [0.2, 0.25) is 0 Å². The second-order valence-corrected chi connectivity index (χ2v) is 8.84. The molecule has 2 amide bonds. The van der Waals surface area contributed by atoms with Gasteiger partial charge >= 0.3 is 0 Å². The summed E-state index contributed by atoms with van der Waals surface area (Å²) in [6.07, 6.45) is 5.85. The molecule has 1 aliphatic heterocycles. The highest BCUT2D eigenvalue weighted by molar-refractivity contribution is 7.13. The molecule has 4 rings (SSSR count). The molecule has 1 aromatic heterocycles. The van der Waals surface area contributed by atoms with Gasteiger partial charge in [0.1, 0.15) is 0 Å². The van der Waals surface area contributed by atoms with E-state index in [9.17, 15) is 9.59 Å². The highest BCUT2D eigenvalue weighted by Gasteiger charge is 2.54. The van der Waals surface area contributed by atoms with E-state index in [2.05, 4.69) is 5.32 Å². The Labute approximate surface area is 141 Å². The summed E-state index contributed by atoms with van der Waals surface area (Å²) >= 11 is 1.55. The Morgan fingerprint density at radius 3 is 2.70 bits per heavy atom. The molecule has 0 aromatic carbocycles. The van der Waals surface area contributed by atoms with Crippen LogP contribution in [0.15, 0.2) is 12.1 Å². The lowest BCUT2D eigenvalue weighted by atomic mass is 9.62. The van der Waals surface area contributed by atoms with Gasteiger partial charge in [-0.3, -0.25) is 9.59 Å². The van der Waals surface area contributed by atoms with Crippen LogP contribution in [0.5, 0.6) is 0 Å². The van der Waals surface area contributed by atoms with Gasteiger partial charge < -0.3 is 10.2 Å². The van der Waals surface area contributed by atoms with Crippen molar-refractivity contribution < 1.29 is 9.59 Å². The van der Waals surface area contributed by atoms with Gasteiger partial charge in [-0.05, 0) is 50.7 Å². The number of nitrogens with zero attached hydrogens (tertiary/aromatic N) is 1. The van der Waals surface area contributed by atoms with E-state index in [1.165, 1.54) is 19.3 Å². The molecule has 1 spiro atoms. The smallest absolute Gasteiger partial charge is 0.263 e. The minimum absolute atomic E-state index is 0.0139. The standard InChI is InChI=1S/C18H24N2O2S/c1-12-3-6-15(23-12)17(22)20-10-14(18(11-20)7-2-8-18)16(21)19-9-13-4-5-13/h3,6,13-14H,2,4-5,7-11H2,1H3,(H,19,21). The van der Waals surface area contributed by atoms with Crippen molar-refractivity contribution in [2.24, 2.45) is 17.3 Å². The van der Waals surface area contributed by atoms with Crippen molar-refractivity contribution in [2.75, 3.05) is 19.6 Å². The van der Waals surface area contributed by atoms with E-state index in [1.807, 2.05) is 24.0 Å². The van der Waals surface area contributed by atoms with Gasteiger partial charge in [0.05, 0.1) is 10.8 Å². The summed E-state index contributed by atoms with van der Waals surface area (Å²) < 4.78 is 0. The quantitative estimate of drug-likeness (QED) is 0.922. The van der Waals surface area contributed by atoms with Crippen LogP contribution in [0, 0.1) is 24.2 Å². The Hall–Kier alpha value is -1.36. The molecule has 2 heterocycles. The summed E-state index contributed by atoms with van der Waals surface area (Å²) in [5.41, 5.74) is 0.0512. The average Bonchev–Trinajstić information content (AvgIpc) is 3.07. The highest BCUT2D eigenvalue weighted by atomic mass is 32.1. The lowest BCUT2D eigenvalue weighted by Gasteiger charge is -2.41. The van der Waals surface area contributed by atoms with Gasteiger partial charge in [-0.2, -0.15) is 0 Å². The Bertz CT molecular complexity index is 631. The van der Waals surface area contributed by atoms with Gasteiger partial charge in [0, 0.05) is 29.9 Å². The molecule has 0 bridgehead atoms. The number of nitrogens with one attached hydrogen (secondary N) is 1. The zero-order valence-electron chi connectivity index (χ0n) is 13.6. The van der Waals surface area contributed by atoms with Gasteiger partial charge in [0.15, 0.2) is 0 Å². The minimum Gasteiger partial charge on any atom is -0.356 e. The maximum atomic E-state index is 12.7. The van der Waals surface area contributed by atoms with E-state index in [1.54, 1.807) is 11.3 Å². The summed E-state index contributed by atoms with van der Waals surface area (Å²) in [5.74, 6) is 0.964. The van der Waals surface area contributed by atoms with Gasteiger partial charge in [-0.1, -0.05) is 6.42 Å². The second-order valence-electron chi connectivity index (χ2n) is 7.55. The molecule has 5 heteroatoms. The maximum Gasteiger partial charge on any atom is 0.263 e. The van der Waals surface area contributed by atoms with Crippen molar-refractivity contribution in [1.29, 1.82) is 0 Å². The van der Waals surface area contributed by atoms with E-state index in [0.29, 0.717) is 12.5 Å². The summed E-state index contributed by atoms with van der Waals surface area (Å²) in [7, 11) is 0. The summed E-state index contributed by atoms with van der Waals surface area (Å²) in [6.45, 7) is 4.19. The number of likely N-dealkylation sites (tertiary alicyclic amines) is 1. The molecule has 1 aromatic rings. The van der Waals surface area contributed by atoms with Crippen LogP contribution < -0.4 is 5.32 Å². The molecule has 0 radical (unpaired) electrons. The number of carbonyl (C=O) groups excluding carboxylic acids is 2. The van der Waals surface area contributed by atoms with Crippen LogP contribution in [0.1, 0.15) is 46.7 Å². The summed E-state index contributed by atoms with van der Waals surface area (Å²) in [4.78, 5) is 29.3. The molecule has 124 valence electrons. The van der Waals surface area contributed by atoms with Gasteiger partial charge in [-0.15, -0.1) is 11.3 Å². The molecule has 3 aliphatic rings. The lowest BCUT2D eigenvalue weighted by Crippen LogP contribution is -2.45. The number of thiophene rings is 1. The monoisotopic (exact) mass is 332 g/mol. The highest BCUT2D eigenvalue weighted by Crippen LogP contribution is 2.52. The first kappa shape index (κ1) is 15.2. The fourth-order valence-electron chi connectivity index (χ4n) is 4.02. The summed E-state index contributed by atoms with van der Waals surface area (Å²) in [6, 6.07) is 3.91. The van der Waals surface area contributed by atoms with Crippen molar-refractivity contribution >= 4 is 23.2 Å². The van der Waals surface area contributed by atoms with Crippen LogP contribution in [0.4, 0.5) is 0 Å². The normalized spacial score (nSPS) is 25.4. The third kappa shape index (κ3) is 2.80. The predicted molar refractivity (Wildman–Crippen MR) is 90.5 cm³/mol. The first-order valence-electron chi connectivity index (χ1n) is 8.71. The Kier molecular flexibility index (Phi) is 3.71. The lowest BCUT2D eigenvalue weighted by molar-refractivity contribution is -0.129. The van der Waals surface area contributed by atoms with Crippen molar-refractivity contribution in [3.63, 3.8) is 0 Å². The molecule has 4 nitrogen and oxygen atoms in total.